The highest BCUT2D eigenvalue weighted by molar-refractivity contribution is 7.92. The molecular weight excluding hydrogens is 360 g/mol. The number of hydrogen-bond acceptors (Lipinski definition) is 3. The van der Waals surface area contributed by atoms with Crippen LogP contribution in [0.2, 0.25) is 0 Å². The van der Waals surface area contributed by atoms with Gasteiger partial charge in [-0.1, -0.05) is 42.8 Å². The van der Waals surface area contributed by atoms with Gasteiger partial charge in [-0.3, -0.25) is 9.10 Å². The molecule has 0 unspecified atom stereocenters. The minimum absolute atomic E-state index is 0.160. The van der Waals surface area contributed by atoms with Crippen molar-refractivity contribution in [3.8, 4) is 0 Å². The van der Waals surface area contributed by atoms with E-state index in [-0.39, 0.29) is 17.3 Å². The number of aryl methyl sites for hydroxylation is 2. The molecule has 0 radical (unpaired) electrons. The van der Waals surface area contributed by atoms with Gasteiger partial charge in [0, 0.05) is 5.54 Å². The van der Waals surface area contributed by atoms with E-state index < -0.39 is 15.6 Å². The van der Waals surface area contributed by atoms with Crippen LogP contribution in [0, 0.1) is 13.8 Å². The van der Waals surface area contributed by atoms with E-state index in [1.165, 1.54) is 4.31 Å². The van der Waals surface area contributed by atoms with Crippen LogP contribution in [0.4, 0.5) is 5.69 Å². The summed E-state index contributed by atoms with van der Waals surface area (Å²) >= 11 is 0. The summed E-state index contributed by atoms with van der Waals surface area (Å²) in [4.78, 5) is 12.8. The Morgan fingerprint density at radius 1 is 1.07 bits per heavy atom. The van der Waals surface area contributed by atoms with Crippen molar-refractivity contribution in [3.63, 3.8) is 0 Å². The fourth-order valence-corrected chi connectivity index (χ4v) is 4.25. The van der Waals surface area contributed by atoms with Crippen molar-refractivity contribution in [2.45, 2.75) is 51.5 Å². The van der Waals surface area contributed by atoms with Crippen LogP contribution in [0.5, 0.6) is 0 Å². The molecule has 1 amide bonds. The molecule has 2 aromatic carbocycles. The van der Waals surface area contributed by atoms with Gasteiger partial charge in [0.25, 0.3) is 10.0 Å². The summed E-state index contributed by atoms with van der Waals surface area (Å²) in [7, 11) is -3.87. The molecule has 27 heavy (non-hydrogen) atoms. The minimum atomic E-state index is -3.87. The first-order valence-electron chi connectivity index (χ1n) is 9.03. The predicted octanol–water partition coefficient (Wildman–Crippen LogP) is 3.80. The number of nitrogens with zero attached hydrogens (tertiary/aromatic N) is 1. The zero-order valence-corrected chi connectivity index (χ0v) is 17.4. The van der Waals surface area contributed by atoms with Crippen molar-refractivity contribution in [2.75, 3.05) is 10.8 Å². The number of nitrogens with one attached hydrogen (secondary N) is 1. The van der Waals surface area contributed by atoms with Crippen LogP contribution >= 0.6 is 0 Å². The summed E-state index contributed by atoms with van der Waals surface area (Å²) in [5, 5.41) is 2.92. The predicted molar refractivity (Wildman–Crippen MR) is 109 cm³/mol. The zero-order chi connectivity index (χ0) is 20.2. The Morgan fingerprint density at radius 3 is 2.26 bits per heavy atom. The van der Waals surface area contributed by atoms with Gasteiger partial charge < -0.3 is 5.32 Å². The second-order valence-electron chi connectivity index (χ2n) is 7.40. The maximum Gasteiger partial charge on any atom is 0.264 e. The molecule has 0 bridgehead atoms. The summed E-state index contributed by atoms with van der Waals surface area (Å²) in [6, 6.07) is 13.7. The first kappa shape index (κ1) is 21.0. The summed E-state index contributed by atoms with van der Waals surface area (Å²) < 4.78 is 27.8. The van der Waals surface area contributed by atoms with Crippen molar-refractivity contribution < 1.29 is 13.2 Å². The maximum absolute atomic E-state index is 13.3. The average molecular weight is 389 g/mol. The van der Waals surface area contributed by atoms with E-state index in [1.54, 1.807) is 36.4 Å². The third-order valence-electron chi connectivity index (χ3n) is 4.60. The molecule has 0 aliphatic carbocycles. The van der Waals surface area contributed by atoms with E-state index in [2.05, 4.69) is 5.32 Å². The van der Waals surface area contributed by atoms with Crippen LogP contribution in [0.1, 0.15) is 38.3 Å². The molecule has 0 heterocycles. The molecule has 0 aliphatic rings. The molecule has 0 fully saturated rings. The van der Waals surface area contributed by atoms with Gasteiger partial charge in [0.05, 0.1) is 10.6 Å². The Kier molecular flexibility index (Phi) is 6.31. The van der Waals surface area contributed by atoms with Gasteiger partial charge in [0.15, 0.2) is 0 Å². The van der Waals surface area contributed by atoms with Crippen molar-refractivity contribution in [3.05, 3.63) is 59.7 Å². The van der Waals surface area contributed by atoms with Gasteiger partial charge in [0.1, 0.15) is 6.54 Å². The van der Waals surface area contributed by atoms with E-state index >= 15 is 0 Å². The normalized spacial score (nSPS) is 11.9. The number of carbonyl (C=O) groups excluding carboxylic acids is 1. The van der Waals surface area contributed by atoms with Gasteiger partial charge in [-0.15, -0.1) is 0 Å². The Morgan fingerprint density at radius 2 is 1.70 bits per heavy atom. The lowest BCUT2D eigenvalue weighted by Crippen LogP contribution is -2.48. The second-order valence-corrected chi connectivity index (χ2v) is 9.26. The van der Waals surface area contributed by atoms with Crippen LogP contribution in [0.3, 0.4) is 0 Å². The Hall–Kier alpha value is -2.34. The lowest BCUT2D eigenvalue weighted by Gasteiger charge is -2.29. The minimum Gasteiger partial charge on any atom is -0.350 e. The summed E-state index contributed by atoms with van der Waals surface area (Å²) in [6.07, 6.45) is 0.744. The van der Waals surface area contributed by atoms with Crippen LogP contribution in [-0.2, 0) is 14.8 Å². The Bertz CT molecular complexity index is 906. The highest BCUT2D eigenvalue weighted by atomic mass is 32.2. The number of sulfonamides is 1. The van der Waals surface area contributed by atoms with E-state index in [0.29, 0.717) is 5.69 Å². The summed E-state index contributed by atoms with van der Waals surface area (Å²) in [5.74, 6) is -0.332. The first-order chi connectivity index (χ1) is 12.6. The Balaban J connectivity index is 2.48. The second kappa shape index (κ2) is 8.13. The molecule has 0 saturated carbocycles. The molecule has 0 atom stereocenters. The number of benzene rings is 2. The van der Waals surface area contributed by atoms with Crippen molar-refractivity contribution in [1.82, 2.24) is 5.32 Å². The summed E-state index contributed by atoms with van der Waals surface area (Å²) in [5.41, 5.74) is 1.94. The molecule has 0 aromatic heterocycles. The summed E-state index contributed by atoms with van der Waals surface area (Å²) in [6.45, 7) is 9.33. The lowest BCUT2D eigenvalue weighted by molar-refractivity contribution is -0.121. The molecule has 2 aromatic rings. The number of rotatable bonds is 7. The maximum atomic E-state index is 13.3. The fraction of sp³-hybridized carbons (Fsp3) is 0.381. The fourth-order valence-electron chi connectivity index (χ4n) is 2.74. The largest absolute Gasteiger partial charge is 0.350 e. The van der Waals surface area contributed by atoms with Gasteiger partial charge in [-0.25, -0.2) is 8.42 Å². The van der Waals surface area contributed by atoms with E-state index in [0.717, 1.165) is 17.5 Å². The topological polar surface area (TPSA) is 66.5 Å². The molecule has 5 nitrogen and oxygen atoms in total. The molecule has 1 N–H and O–H groups in total. The molecular formula is C21H28N2O3S. The monoisotopic (exact) mass is 388 g/mol. The van der Waals surface area contributed by atoms with Crippen molar-refractivity contribution in [2.24, 2.45) is 0 Å². The third kappa shape index (κ3) is 5.10. The Labute approximate surface area is 162 Å². The molecule has 0 spiro atoms. The first-order valence-corrected chi connectivity index (χ1v) is 10.5. The van der Waals surface area contributed by atoms with Crippen LogP contribution in [0.25, 0.3) is 0 Å². The number of amides is 1. The van der Waals surface area contributed by atoms with Crippen LogP contribution < -0.4 is 9.62 Å². The van der Waals surface area contributed by atoms with Gasteiger partial charge in [-0.2, -0.15) is 0 Å². The molecule has 0 saturated heterocycles. The third-order valence-corrected chi connectivity index (χ3v) is 6.38. The molecule has 146 valence electrons. The average Bonchev–Trinajstić information content (AvgIpc) is 2.60. The number of carbonyl (C=O) groups is 1. The number of anilines is 1. The van der Waals surface area contributed by atoms with Crippen LogP contribution in [0.15, 0.2) is 53.4 Å². The molecule has 2 rings (SSSR count). The highest BCUT2D eigenvalue weighted by Crippen LogP contribution is 2.27. The van der Waals surface area contributed by atoms with E-state index in [9.17, 15) is 13.2 Å². The SMILES string of the molecule is CCC(C)(C)NC(=O)CN(c1ccc(C)cc1C)S(=O)(=O)c1ccccc1. The highest BCUT2D eigenvalue weighted by Gasteiger charge is 2.29. The van der Waals surface area contributed by atoms with Gasteiger partial charge in [-0.05, 0) is 57.9 Å². The van der Waals surface area contributed by atoms with E-state index in [1.807, 2.05) is 46.8 Å². The lowest BCUT2D eigenvalue weighted by atomic mass is 10.0. The smallest absolute Gasteiger partial charge is 0.264 e. The quantitative estimate of drug-likeness (QED) is 0.784. The van der Waals surface area contributed by atoms with Crippen molar-refractivity contribution >= 4 is 21.6 Å². The number of hydrogen-bond donors (Lipinski definition) is 1. The molecule has 0 aliphatic heterocycles. The van der Waals surface area contributed by atoms with Crippen LogP contribution in [-0.4, -0.2) is 26.4 Å². The zero-order valence-electron chi connectivity index (χ0n) is 16.6. The van der Waals surface area contributed by atoms with Crippen molar-refractivity contribution in [1.29, 1.82) is 0 Å². The standard InChI is InChI=1S/C21H28N2O3S/c1-6-21(4,5)22-20(24)15-23(19-13-12-16(2)14-17(19)3)27(25,26)18-10-8-7-9-11-18/h7-14H,6,15H2,1-5H3,(H,22,24). The molecule has 6 heteroatoms. The van der Waals surface area contributed by atoms with Gasteiger partial charge >= 0.3 is 0 Å². The van der Waals surface area contributed by atoms with E-state index in [4.69, 9.17) is 0 Å². The van der Waals surface area contributed by atoms with Gasteiger partial charge in [0.2, 0.25) is 5.91 Å².